The fourth-order valence-corrected chi connectivity index (χ4v) is 9.90. The Morgan fingerprint density at radius 1 is 0.950 bits per heavy atom. The molecule has 1 aromatic carbocycles. The van der Waals surface area contributed by atoms with Crippen molar-refractivity contribution in [2.75, 3.05) is 0 Å². The van der Waals surface area contributed by atoms with E-state index in [0.717, 1.165) is 0 Å². The van der Waals surface area contributed by atoms with Crippen LogP contribution in [0.15, 0.2) is 53.1 Å². The maximum atomic E-state index is 2.57. The highest BCUT2D eigenvalue weighted by molar-refractivity contribution is 6.95. The van der Waals surface area contributed by atoms with Crippen LogP contribution in [0, 0.1) is 0 Å². The molecule has 0 heterocycles. The van der Waals surface area contributed by atoms with Crippen molar-refractivity contribution in [1.29, 1.82) is 0 Å². The Kier molecular flexibility index (Phi) is 4.11. The molecule has 0 radical (unpaired) electrons. The molecule has 0 aliphatic heterocycles. The van der Waals surface area contributed by atoms with Gasteiger partial charge in [-0.1, -0.05) is 85.6 Å². The van der Waals surface area contributed by atoms with E-state index in [4.69, 9.17) is 0 Å². The molecule has 1 aromatic rings. The van der Waals surface area contributed by atoms with Crippen LogP contribution in [0.3, 0.4) is 0 Å². The Hall–Kier alpha value is -1.08. The fraction of sp³-hybridized carbons (Fsp3) is 0.474. The minimum Gasteiger partial charge on any atom is -0.0737 e. The van der Waals surface area contributed by atoms with Crippen molar-refractivity contribution in [2.24, 2.45) is 0 Å². The minimum absolute atomic E-state index is 0.270. The van der Waals surface area contributed by atoms with Crippen molar-refractivity contribution in [3.63, 3.8) is 0 Å². The van der Waals surface area contributed by atoms with Crippen molar-refractivity contribution in [2.45, 2.75) is 58.7 Å². The molecule has 0 nitrogen and oxygen atoms in total. The van der Waals surface area contributed by atoms with Gasteiger partial charge in [-0.25, -0.2) is 0 Å². The molecule has 0 saturated carbocycles. The van der Waals surface area contributed by atoms with E-state index in [1.165, 1.54) is 23.2 Å². The molecular formula is C19H28Si. The van der Waals surface area contributed by atoms with Crippen LogP contribution in [0.1, 0.15) is 41.5 Å². The molecule has 1 aliphatic carbocycles. The second-order valence-electron chi connectivity index (χ2n) is 6.43. The van der Waals surface area contributed by atoms with Gasteiger partial charge in [0, 0.05) is 5.04 Å². The summed E-state index contributed by atoms with van der Waals surface area (Å²) in [5.41, 5.74) is 4.61. The zero-order chi connectivity index (χ0) is 15.0. The average molecular weight is 285 g/mol. The van der Waals surface area contributed by atoms with Crippen molar-refractivity contribution in [3.8, 4) is 0 Å². The number of rotatable bonds is 4. The Morgan fingerprint density at radius 3 is 1.90 bits per heavy atom. The standard InChI is InChI=1S/C19H28Si/c1-7-20(8-2,18-12-10-9-11-13-18)19(6)14-15(3)16(4)17(19)5/h9-14H,7-8H2,1-6H3. The number of allylic oxidation sites excluding steroid dienone is 4. The third-order valence-corrected chi connectivity index (χ3v) is 12.3. The molecule has 0 amide bonds. The Balaban J connectivity index is 2.67. The quantitative estimate of drug-likeness (QED) is 0.646. The molecule has 1 unspecified atom stereocenters. The average Bonchev–Trinajstić information content (AvgIpc) is 2.67. The molecule has 1 atom stereocenters. The minimum atomic E-state index is -1.59. The maximum Gasteiger partial charge on any atom is 0.100 e. The SMILES string of the molecule is CC[Si](CC)(c1ccccc1)C1(C)C=C(C)C(C)=C1C. The largest absolute Gasteiger partial charge is 0.100 e. The Bertz CT molecular complexity index is 546. The van der Waals surface area contributed by atoms with Crippen LogP contribution >= 0.6 is 0 Å². The van der Waals surface area contributed by atoms with E-state index < -0.39 is 8.07 Å². The van der Waals surface area contributed by atoms with Gasteiger partial charge in [0.1, 0.15) is 8.07 Å². The highest BCUT2D eigenvalue weighted by Gasteiger charge is 2.50. The van der Waals surface area contributed by atoms with E-state index >= 15 is 0 Å². The van der Waals surface area contributed by atoms with Gasteiger partial charge in [0.25, 0.3) is 0 Å². The first kappa shape index (κ1) is 15.3. The lowest BCUT2D eigenvalue weighted by Gasteiger charge is -2.45. The highest BCUT2D eigenvalue weighted by Crippen LogP contribution is 2.55. The maximum absolute atomic E-state index is 2.57. The molecule has 1 aliphatic rings. The summed E-state index contributed by atoms with van der Waals surface area (Å²) in [6.45, 7) is 14.2. The summed E-state index contributed by atoms with van der Waals surface area (Å²) in [5.74, 6) is 0. The first-order valence-corrected chi connectivity index (χ1v) is 10.3. The van der Waals surface area contributed by atoms with E-state index in [1.54, 1.807) is 10.8 Å². The van der Waals surface area contributed by atoms with Gasteiger partial charge in [0.2, 0.25) is 0 Å². The Labute approximate surface area is 125 Å². The topological polar surface area (TPSA) is 0 Å². The van der Waals surface area contributed by atoms with Crippen molar-refractivity contribution in [3.05, 3.63) is 53.1 Å². The van der Waals surface area contributed by atoms with E-state index in [9.17, 15) is 0 Å². The summed E-state index contributed by atoms with van der Waals surface area (Å²) in [7, 11) is -1.59. The van der Waals surface area contributed by atoms with Crippen LogP contribution in [-0.4, -0.2) is 8.07 Å². The van der Waals surface area contributed by atoms with Crippen molar-refractivity contribution >= 4 is 13.3 Å². The van der Waals surface area contributed by atoms with Crippen LogP contribution in [-0.2, 0) is 0 Å². The van der Waals surface area contributed by atoms with Crippen molar-refractivity contribution in [1.82, 2.24) is 0 Å². The second kappa shape index (κ2) is 5.36. The Morgan fingerprint density at radius 2 is 1.50 bits per heavy atom. The number of hydrogen-bond acceptors (Lipinski definition) is 0. The normalized spacial score (nSPS) is 23.2. The van der Waals surface area contributed by atoms with Gasteiger partial charge in [-0.15, -0.1) is 0 Å². The summed E-state index contributed by atoms with van der Waals surface area (Å²) in [4.78, 5) is 0. The summed E-state index contributed by atoms with van der Waals surface area (Å²) >= 11 is 0. The third-order valence-electron chi connectivity index (χ3n) is 5.97. The molecule has 0 bridgehead atoms. The van der Waals surface area contributed by atoms with E-state index in [1.807, 2.05) is 0 Å². The van der Waals surface area contributed by atoms with Crippen LogP contribution in [0.5, 0.6) is 0 Å². The van der Waals surface area contributed by atoms with Crippen LogP contribution in [0.25, 0.3) is 0 Å². The van der Waals surface area contributed by atoms with E-state index in [-0.39, 0.29) is 5.04 Å². The number of hydrogen-bond donors (Lipinski definition) is 0. The van der Waals surface area contributed by atoms with Gasteiger partial charge in [-0.3, -0.25) is 0 Å². The summed E-state index contributed by atoms with van der Waals surface area (Å²) in [5, 5.41) is 1.89. The van der Waals surface area contributed by atoms with Crippen molar-refractivity contribution < 1.29 is 0 Å². The van der Waals surface area contributed by atoms with Crippen LogP contribution in [0.4, 0.5) is 0 Å². The first-order chi connectivity index (χ1) is 9.43. The molecule has 20 heavy (non-hydrogen) atoms. The molecule has 0 spiro atoms. The summed E-state index contributed by atoms with van der Waals surface area (Å²) in [6, 6.07) is 13.9. The lowest BCUT2D eigenvalue weighted by atomic mass is 10.0. The van der Waals surface area contributed by atoms with Crippen LogP contribution in [0.2, 0.25) is 17.1 Å². The van der Waals surface area contributed by atoms with Gasteiger partial charge < -0.3 is 0 Å². The first-order valence-electron chi connectivity index (χ1n) is 7.86. The van der Waals surface area contributed by atoms with Gasteiger partial charge in [0.05, 0.1) is 0 Å². The molecule has 1 heteroatoms. The zero-order valence-electron chi connectivity index (χ0n) is 13.9. The lowest BCUT2D eigenvalue weighted by Crippen LogP contribution is -2.55. The monoisotopic (exact) mass is 284 g/mol. The van der Waals surface area contributed by atoms with Gasteiger partial charge in [0.15, 0.2) is 0 Å². The lowest BCUT2D eigenvalue weighted by molar-refractivity contribution is 0.835. The molecule has 0 aromatic heterocycles. The number of benzene rings is 1. The van der Waals surface area contributed by atoms with E-state index in [0.29, 0.717) is 0 Å². The third kappa shape index (κ3) is 1.95. The molecular weight excluding hydrogens is 256 g/mol. The summed E-state index contributed by atoms with van der Waals surface area (Å²) in [6.07, 6.45) is 2.57. The molecule has 108 valence electrons. The molecule has 0 N–H and O–H groups in total. The molecule has 0 fully saturated rings. The zero-order valence-corrected chi connectivity index (χ0v) is 14.9. The van der Waals surface area contributed by atoms with Gasteiger partial charge in [-0.2, -0.15) is 0 Å². The smallest absolute Gasteiger partial charge is 0.0737 e. The highest BCUT2D eigenvalue weighted by atomic mass is 28.3. The second-order valence-corrected chi connectivity index (χ2v) is 11.6. The fourth-order valence-electron chi connectivity index (χ4n) is 4.28. The van der Waals surface area contributed by atoms with Gasteiger partial charge >= 0.3 is 0 Å². The van der Waals surface area contributed by atoms with Crippen LogP contribution < -0.4 is 5.19 Å². The predicted molar refractivity (Wildman–Crippen MR) is 93.3 cm³/mol. The predicted octanol–water partition coefficient (Wildman–Crippen LogP) is 5.44. The molecule has 0 saturated heterocycles. The van der Waals surface area contributed by atoms with Gasteiger partial charge in [-0.05, 0) is 26.3 Å². The summed E-state index contributed by atoms with van der Waals surface area (Å²) < 4.78 is 0. The van der Waals surface area contributed by atoms with E-state index in [2.05, 4.69) is 78.0 Å². The molecule has 2 rings (SSSR count).